The van der Waals surface area contributed by atoms with Gasteiger partial charge in [0.05, 0.1) is 0 Å². The van der Waals surface area contributed by atoms with Gasteiger partial charge in [-0.2, -0.15) is 0 Å². The van der Waals surface area contributed by atoms with Crippen molar-refractivity contribution in [2.45, 2.75) is 186 Å². The smallest absolute Gasteiger partial charge is 0.684 e. The number of aliphatic hydroxyl groups is 4. The van der Waals surface area contributed by atoms with Crippen LogP contribution in [-0.4, -0.2) is 73.0 Å². The maximum atomic E-state index is 7.91. The summed E-state index contributed by atoms with van der Waals surface area (Å²) in [7, 11) is 0. The number of rotatable bonds is 8. The first-order valence-corrected chi connectivity index (χ1v) is 33.9. The van der Waals surface area contributed by atoms with E-state index in [0.29, 0.717) is 36.5 Å². The van der Waals surface area contributed by atoms with E-state index < -0.39 is 0 Å². The molecule has 8 aliphatic rings. The summed E-state index contributed by atoms with van der Waals surface area (Å²) in [6.07, 6.45) is 8.16. The molecule has 4 aliphatic heterocycles. The van der Waals surface area contributed by atoms with E-state index in [1.54, 1.807) is 0 Å². The summed E-state index contributed by atoms with van der Waals surface area (Å²) < 4.78 is 0. The van der Waals surface area contributed by atoms with Gasteiger partial charge < -0.3 is 101 Å². The second-order valence-corrected chi connectivity index (χ2v) is 28.1. The molecule has 16 atom stereocenters. The van der Waals surface area contributed by atoms with Crippen LogP contribution in [0.3, 0.4) is 0 Å². The Labute approximate surface area is 655 Å². The van der Waals surface area contributed by atoms with Gasteiger partial charge >= 0.3 is 86.9 Å². The molecule has 4 aromatic carbocycles. The molecule has 536 valence electrons. The van der Waals surface area contributed by atoms with Gasteiger partial charge in [0.1, 0.15) is 0 Å². The minimum Gasteiger partial charge on any atom is -0.684 e. The monoisotopic (exact) mass is 1460 g/mol. The third-order valence-corrected chi connectivity index (χ3v) is 24.2. The summed E-state index contributed by atoms with van der Waals surface area (Å²) in [6, 6.07) is 27.4. The Hall–Kier alpha value is -1.22. The van der Waals surface area contributed by atoms with Crippen LogP contribution in [0.4, 0.5) is 22.7 Å². The Morgan fingerprint density at radius 1 is 0.260 bits per heavy atom. The Bertz CT molecular complexity index is 2440. The quantitative estimate of drug-likeness (QED) is 0.103. The molecule has 4 radical (unpaired) electrons. The summed E-state index contributed by atoms with van der Waals surface area (Å²) in [5.74, 6) is 15.5. The Kier molecular flexibility index (Phi) is 55.3. The van der Waals surface area contributed by atoms with E-state index in [1.807, 2.05) is 0 Å². The molecular weight excluding hydrogens is 1320 g/mol. The molecule has 12 rings (SSSR count). The van der Waals surface area contributed by atoms with Crippen molar-refractivity contribution in [1.82, 2.24) is 0 Å². The van der Waals surface area contributed by atoms with Gasteiger partial charge in [-0.15, -0.1) is 48.9 Å². The van der Waals surface area contributed by atoms with Gasteiger partial charge in [-0.3, -0.25) is 0 Å². The molecule has 0 aromatic heterocycles. The molecule has 0 spiro atoms. The molecule has 4 N–H and O–H groups in total. The zero-order chi connectivity index (χ0) is 61.1. The number of nitrogens with zero attached hydrogens (tertiary/aromatic N) is 4. The van der Waals surface area contributed by atoms with Crippen molar-refractivity contribution in [3.8, 4) is 0 Å². The van der Waals surface area contributed by atoms with Crippen molar-refractivity contribution in [2.24, 2.45) is 94.7 Å². The zero-order valence-corrected chi connectivity index (χ0v) is 71.6. The second-order valence-electron chi connectivity index (χ2n) is 28.1. The van der Waals surface area contributed by atoms with Crippen molar-refractivity contribution in [1.29, 1.82) is 0 Å². The van der Waals surface area contributed by atoms with E-state index in [1.165, 1.54) is 92.9 Å². The number of hydrogen-bond acceptors (Lipinski definition) is 4. The van der Waals surface area contributed by atoms with Crippen LogP contribution >= 0.6 is 0 Å². The first kappa shape index (κ1) is 106. The largest absolute Gasteiger partial charge is 3.00 e. The van der Waals surface area contributed by atoms with Crippen molar-refractivity contribution in [2.75, 3.05) is 52.6 Å². The van der Waals surface area contributed by atoms with Gasteiger partial charge in [0.2, 0.25) is 0 Å². The molecule has 4 fully saturated rings. The average Bonchev–Trinajstić information content (AvgIpc) is 1.60. The summed E-state index contributed by atoms with van der Waals surface area (Å²) in [5.41, 5.74) is 17.4. The van der Waals surface area contributed by atoms with Gasteiger partial charge in [-0.25, -0.2) is 0 Å². The van der Waals surface area contributed by atoms with Gasteiger partial charge in [0.25, 0.3) is 0 Å². The van der Waals surface area contributed by atoms with Crippen molar-refractivity contribution < 1.29 is 107 Å². The Balaban J connectivity index is -0.000000258. The molecule has 0 saturated heterocycles. The van der Waals surface area contributed by atoms with Gasteiger partial charge in [-0.05, 0) is 157 Å². The third-order valence-electron chi connectivity index (χ3n) is 24.2. The molecule has 0 amide bonds. The number of hydrogen-bond donors (Lipinski definition) is 4. The van der Waals surface area contributed by atoms with Crippen molar-refractivity contribution in [3.05, 3.63) is 198 Å². The second kappa shape index (κ2) is 50.2. The fourth-order valence-corrected chi connectivity index (χ4v) is 17.4. The minimum absolute atomic E-state index is 0. The summed E-state index contributed by atoms with van der Waals surface area (Å²) >= 11 is 0. The summed E-state index contributed by atoms with van der Waals surface area (Å²) in [6.45, 7) is 43.3. The standard InChI is InChI=1S/2C18H26N.2C17H24N.2C3H8O2.8CH3.4Ti/c2*1-11-12(2)14(4)17(13(11)3)16-9-5-7-15-8-6-10-19-18(15)16;2*1-10-11(2)13(4)16(12(10)3)15-7-5-6-14-8-9-18-17(14)15;2*4-2-1-3-5;;;;;;;;;;;;/h2*5,7,9,11-14,17H,6,8,10H2,1-4H3;2*5-7,10-13,16H,8-9H2,1-4H3;2*4-5H,1-3H2;8*1H3;;;;/q4*-1;;;8*-1;4*+3. The van der Waals surface area contributed by atoms with E-state index >= 15 is 0 Å². The fourth-order valence-electron chi connectivity index (χ4n) is 17.4. The van der Waals surface area contributed by atoms with E-state index in [0.717, 1.165) is 134 Å². The molecule has 0 bridgehead atoms. The van der Waals surface area contributed by atoms with Crippen LogP contribution in [0.2, 0.25) is 0 Å². The molecule has 4 aliphatic carbocycles. The molecular formula is C84H140N4O4Ti4. The minimum atomic E-state index is 0. The predicted octanol–water partition coefficient (Wildman–Crippen LogP) is 22.7. The van der Waals surface area contributed by atoms with E-state index in [9.17, 15) is 0 Å². The summed E-state index contributed by atoms with van der Waals surface area (Å²) in [5, 5.41) is 50.9. The third kappa shape index (κ3) is 23.9. The topological polar surface area (TPSA) is 137 Å². The molecule has 96 heavy (non-hydrogen) atoms. The van der Waals surface area contributed by atoms with Crippen molar-refractivity contribution in [3.63, 3.8) is 0 Å². The van der Waals surface area contributed by atoms with Crippen molar-refractivity contribution >= 4 is 22.7 Å². The van der Waals surface area contributed by atoms with Gasteiger partial charge in [0, 0.05) is 26.4 Å². The molecule has 8 nitrogen and oxygen atoms in total. The van der Waals surface area contributed by atoms with Crippen LogP contribution in [0.15, 0.2) is 72.8 Å². The number of aryl methyl sites for hydroxylation is 2. The molecule has 16 unspecified atom stereocenters. The van der Waals surface area contributed by atoms with Crippen LogP contribution in [0.1, 0.15) is 205 Å². The van der Waals surface area contributed by atoms with Crippen LogP contribution in [-0.2, 0) is 113 Å². The fraction of sp³-hybridized carbons (Fsp3) is 0.619. The van der Waals surface area contributed by atoms with E-state index in [4.69, 9.17) is 41.7 Å². The van der Waals surface area contributed by atoms with Gasteiger partial charge in [0.15, 0.2) is 0 Å². The van der Waals surface area contributed by atoms with Gasteiger partial charge in [-0.1, -0.05) is 241 Å². The molecule has 4 aromatic rings. The van der Waals surface area contributed by atoms with Crippen LogP contribution in [0.5, 0.6) is 0 Å². The number of para-hydroxylation sites is 4. The maximum absolute atomic E-state index is 7.91. The molecule has 4 heterocycles. The van der Waals surface area contributed by atoms with E-state index in [-0.39, 0.29) is 173 Å². The predicted molar refractivity (Wildman–Crippen MR) is 408 cm³/mol. The van der Waals surface area contributed by atoms with Crippen LogP contribution in [0, 0.1) is 154 Å². The molecule has 4 saturated carbocycles. The van der Waals surface area contributed by atoms with Crippen LogP contribution < -0.4 is 0 Å². The number of fused-ring (bicyclic) bond motifs is 4. The number of aliphatic hydroxyl groups excluding tert-OH is 4. The van der Waals surface area contributed by atoms with Crippen LogP contribution in [0.25, 0.3) is 21.3 Å². The first-order valence-electron chi connectivity index (χ1n) is 33.9. The summed E-state index contributed by atoms with van der Waals surface area (Å²) in [4.78, 5) is 0. The first-order chi connectivity index (χ1) is 40.3. The Morgan fingerprint density at radius 2 is 0.438 bits per heavy atom. The SMILES string of the molecule is CC1C(C)C(C)C(c2cccc3c2[N-]CC3)C1C.CC1C(C)C(C)C(c2cccc3c2[N-]CC3)C1C.CC1C(C)C(C)C(c2cccc3c2[N-]CCC3)C1C.CC1C(C)C(C)C(c2cccc3c2[N-]CCC3)C1C.OCCCO.OCCCO.[CH3-].[CH3-].[CH3-].[CH3-].[CH3-].[CH3-].[CH3-].[CH3-].[Ti+3].[Ti+3].[Ti+3].[Ti+3]. The number of benzene rings is 4. The zero-order valence-electron chi connectivity index (χ0n) is 65.4. The normalized spacial score (nSPS) is 30.3. The average molecular weight is 1460 g/mol. The maximum Gasteiger partial charge on any atom is 3.00 e. The Morgan fingerprint density at radius 3 is 0.615 bits per heavy atom. The molecule has 12 heteroatoms. The van der Waals surface area contributed by atoms with E-state index in [2.05, 4.69) is 184 Å².